The van der Waals surface area contributed by atoms with E-state index in [4.69, 9.17) is 9.47 Å². The van der Waals surface area contributed by atoms with Gasteiger partial charge in [-0.05, 0) is 13.0 Å². The van der Waals surface area contributed by atoms with Gasteiger partial charge in [0.2, 0.25) is 17.6 Å². The van der Waals surface area contributed by atoms with Crippen molar-refractivity contribution in [1.29, 1.82) is 0 Å². The molecule has 1 atom stereocenters. The Hall–Kier alpha value is -3.20. The monoisotopic (exact) mass is 365 g/mol. The van der Waals surface area contributed by atoms with Gasteiger partial charge < -0.3 is 14.8 Å². The minimum atomic E-state index is 0.226. The number of nitrogens with zero attached hydrogens (tertiary/aromatic N) is 6. The van der Waals surface area contributed by atoms with Crippen LogP contribution in [0.4, 0.5) is 5.95 Å². The Morgan fingerprint density at radius 1 is 1.30 bits per heavy atom. The van der Waals surface area contributed by atoms with E-state index < -0.39 is 0 Å². The number of methoxy groups -OCH3 is 1. The van der Waals surface area contributed by atoms with E-state index >= 15 is 0 Å². The quantitative estimate of drug-likeness (QED) is 0.577. The summed E-state index contributed by atoms with van der Waals surface area (Å²) in [4.78, 5) is 13.1. The SMILES string of the molecule is COc1nc(N[C@@H](C)C2COC2)nn2ccc(-c3cnc4nccn4c3)c12. The standard InChI is InChI=1S/C18H19N7O2/c1-11(13-9-27-10-13)21-17-22-16(26-2)15-14(3-5-25(15)23-17)12-7-20-18-19-4-6-24(18)8-12/h3-8,11,13H,9-10H2,1-2H3,(H,21,23)/t11-/m0/s1. The molecule has 4 aromatic heterocycles. The van der Waals surface area contributed by atoms with Crippen LogP contribution in [-0.4, -0.2) is 55.3 Å². The third kappa shape index (κ3) is 2.67. The van der Waals surface area contributed by atoms with Crippen LogP contribution in [0.15, 0.2) is 37.1 Å². The Morgan fingerprint density at radius 2 is 2.19 bits per heavy atom. The fourth-order valence-corrected chi connectivity index (χ4v) is 3.25. The first-order valence-electron chi connectivity index (χ1n) is 8.79. The Balaban J connectivity index is 1.56. The fourth-order valence-electron chi connectivity index (χ4n) is 3.25. The molecule has 0 amide bonds. The predicted octanol–water partition coefficient (Wildman–Crippen LogP) is 1.89. The summed E-state index contributed by atoms with van der Waals surface area (Å²) in [6.07, 6.45) is 9.26. The number of ether oxygens (including phenoxy) is 2. The normalized spacial score (nSPS) is 15.8. The molecule has 0 saturated carbocycles. The smallest absolute Gasteiger partial charge is 0.244 e. The second-order valence-corrected chi connectivity index (χ2v) is 6.67. The van der Waals surface area contributed by atoms with Gasteiger partial charge in [0.15, 0.2) is 0 Å². The van der Waals surface area contributed by atoms with E-state index in [2.05, 4.69) is 32.3 Å². The number of hydrogen-bond donors (Lipinski definition) is 1. The first-order chi connectivity index (χ1) is 13.2. The van der Waals surface area contributed by atoms with E-state index in [0.29, 0.717) is 23.5 Å². The fraction of sp³-hybridized carbons (Fsp3) is 0.333. The molecule has 1 aliphatic rings. The molecule has 5 rings (SSSR count). The van der Waals surface area contributed by atoms with E-state index in [1.807, 2.05) is 29.1 Å². The summed E-state index contributed by atoms with van der Waals surface area (Å²) in [6.45, 7) is 3.65. The van der Waals surface area contributed by atoms with Gasteiger partial charge in [0.1, 0.15) is 5.52 Å². The van der Waals surface area contributed by atoms with Gasteiger partial charge in [0.05, 0.1) is 20.3 Å². The van der Waals surface area contributed by atoms with Crippen LogP contribution >= 0.6 is 0 Å². The maximum absolute atomic E-state index is 5.57. The number of aromatic nitrogens is 6. The maximum Gasteiger partial charge on any atom is 0.244 e. The molecule has 1 fully saturated rings. The molecule has 138 valence electrons. The summed E-state index contributed by atoms with van der Waals surface area (Å²) in [5, 5.41) is 7.95. The van der Waals surface area contributed by atoms with Crippen molar-refractivity contribution in [3.8, 4) is 17.0 Å². The molecule has 27 heavy (non-hydrogen) atoms. The van der Waals surface area contributed by atoms with Crippen LogP contribution in [0.1, 0.15) is 6.92 Å². The van der Waals surface area contributed by atoms with Crippen molar-refractivity contribution in [2.45, 2.75) is 13.0 Å². The molecule has 1 saturated heterocycles. The number of fused-ring (bicyclic) bond motifs is 2. The highest BCUT2D eigenvalue weighted by atomic mass is 16.5. The van der Waals surface area contributed by atoms with E-state index in [0.717, 1.165) is 29.9 Å². The van der Waals surface area contributed by atoms with E-state index in [1.54, 1.807) is 24.0 Å². The molecule has 1 N–H and O–H groups in total. The molecule has 0 aliphatic carbocycles. The third-order valence-corrected chi connectivity index (χ3v) is 4.96. The van der Waals surface area contributed by atoms with Crippen molar-refractivity contribution in [1.82, 2.24) is 29.0 Å². The van der Waals surface area contributed by atoms with Gasteiger partial charge >= 0.3 is 0 Å². The molecule has 1 aliphatic heterocycles. The van der Waals surface area contributed by atoms with Gasteiger partial charge in [-0.3, -0.25) is 4.40 Å². The van der Waals surface area contributed by atoms with Crippen molar-refractivity contribution in [2.24, 2.45) is 5.92 Å². The highest BCUT2D eigenvalue weighted by Gasteiger charge is 2.26. The summed E-state index contributed by atoms with van der Waals surface area (Å²) in [5.41, 5.74) is 2.68. The summed E-state index contributed by atoms with van der Waals surface area (Å²) in [5.74, 6) is 2.17. The number of rotatable bonds is 5. The van der Waals surface area contributed by atoms with Crippen molar-refractivity contribution < 1.29 is 9.47 Å². The van der Waals surface area contributed by atoms with E-state index in [-0.39, 0.29) is 6.04 Å². The Labute approximate surface area is 155 Å². The minimum absolute atomic E-state index is 0.226. The molecule has 0 spiro atoms. The second-order valence-electron chi connectivity index (χ2n) is 6.67. The van der Waals surface area contributed by atoms with Gasteiger partial charge in [-0.15, -0.1) is 5.10 Å². The largest absolute Gasteiger partial charge is 0.479 e. The lowest BCUT2D eigenvalue weighted by molar-refractivity contribution is -0.0380. The zero-order valence-electron chi connectivity index (χ0n) is 15.0. The predicted molar refractivity (Wildman–Crippen MR) is 98.9 cm³/mol. The van der Waals surface area contributed by atoms with Crippen molar-refractivity contribution in [3.05, 3.63) is 37.1 Å². The molecular formula is C18H19N7O2. The second kappa shape index (κ2) is 6.20. The summed E-state index contributed by atoms with van der Waals surface area (Å²) < 4.78 is 14.5. The summed E-state index contributed by atoms with van der Waals surface area (Å²) in [6, 6.07) is 2.21. The molecular weight excluding hydrogens is 346 g/mol. The highest BCUT2D eigenvalue weighted by molar-refractivity contribution is 5.84. The maximum atomic E-state index is 5.57. The number of imidazole rings is 1. The first-order valence-corrected chi connectivity index (χ1v) is 8.79. The molecule has 9 heteroatoms. The van der Waals surface area contributed by atoms with Gasteiger partial charge in [-0.1, -0.05) is 0 Å². The van der Waals surface area contributed by atoms with Crippen LogP contribution in [0, 0.1) is 5.92 Å². The van der Waals surface area contributed by atoms with Gasteiger partial charge in [-0.2, -0.15) is 4.98 Å². The molecule has 0 radical (unpaired) electrons. The van der Waals surface area contributed by atoms with Crippen molar-refractivity contribution in [3.63, 3.8) is 0 Å². The molecule has 0 aromatic carbocycles. The van der Waals surface area contributed by atoms with Crippen LogP contribution in [0.2, 0.25) is 0 Å². The topological polar surface area (TPSA) is 90.9 Å². The highest BCUT2D eigenvalue weighted by Crippen LogP contribution is 2.31. The van der Waals surface area contributed by atoms with Crippen LogP contribution in [0.3, 0.4) is 0 Å². The number of hydrogen-bond acceptors (Lipinski definition) is 7. The van der Waals surface area contributed by atoms with Crippen LogP contribution in [-0.2, 0) is 4.74 Å². The lowest BCUT2D eigenvalue weighted by Crippen LogP contribution is -2.40. The number of anilines is 1. The zero-order chi connectivity index (χ0) is 18.4. The Kier molecular flexibility index (Phi) is 3.68. The third-order valence-electron chi connectivity index (χ3n) is 4.96. The van der Waals surface area contributed by atoms with Crippen LogP contribution in [0.5, 0.6) is 5.88 Å². The van der Waals surface area contributed by atoms with Gasteiger partial charge in [0.25, 0.3) is 0 Å². The van der Waals surface area contributed by atoms with Gasteiger partial charge in [0, 0.05) is 54.1 Å². The average Bonchev–Trinajstić information content (AvgIpc) is 3.25. The van der Waals surface area contributed by atoms with Crippen molar-refractivity contribution >= 4 is 17.2 Å². The average molecular weight is 365 g/mol. The molecule has 0 unspecified atom stereocenters. The van der Waals surface area contributed by atoms with Crippen molar-refractivity contribution in [2.75, 3.05) is 25.6 Å². The summed E-state index contributed by atoms with van der Waals surface area (Å²) >= 11 is 0. The zero-order valence-corrected chi connectivity index (χ0v) is 15.0. The van der Waals surface area contributed by atoms with E-state index in [1.165, 1.54) is 0 Å². The molecule has 0 bridgehead atoms. The summed E-state index contributed by atoms with van der Waals surface area (Å²) in [7, 11) is 1.61. The van der Waals surface area contributed by atoms with Crippen LogP contribution in [0.25, 0.3) is 22.4 Å². The van der Waals surface area contributed by atoms with Gasteiger partial charge in [-0.25, -0.2) is 14.5 Å². The number of nitrogens with one attached hydrogen (secondary N) is 1. The van der Waals surface area contributed by atoms with Crippen LogP contribution < -0.4 is 10.1 Å². The first kappa shape index (κ1) is 16.0. The molecule has 9 nitrogen and oxygen atoms in total. The molecule has 4 aromatic rings. The lowest BCUT2D eigenvalue weighted by atomic mass is 10.0. The lowest BCUT2D eigenvalue weighted by Gasteiger charge is -2.31. The Bertz CT molecular complexity index is 1120. The van der Waals surface area contributed by atoms with E-state index in [9.17, 15) is 0 Å². The Morgan fingerprint density at radius 3 is 2.96 bits per heavy atom. The minimum Gasteiger partial charge on any atom is -0.479 e. The molecule has 5 heterocycles.